The van der Waals surface area contributed by atoms with Gasteiger partial charge in [0.1, 0.15) is 10.8 Å². The topological polar surface area (TPSA) is 127 Å². The van der Waals surface area contributed by atoms with E-state index in [9.17, 15) is 14.4 Å². The third kappa shape index (κ3) is 11.0. The smallest absolute Gasteiger partial charge is 0.254 e. The van der Waals surface area contributed by atoms with Crippen LogP contribution in [0.5, 0.6) is 5.75 Å². The molecule has 10 heteroatoms. The van der Waals surface area contributed by atoms with Gasteiger partial charge in [0.2, 0.25) is 5.91 Å². The molecule has 0 aliphatic rings. The number of ether oxygens (including phenoxy) is 1. The van der Waals surface area contributed by atoms with E-state index in [1.54, 1.807) is 14.2 Å². The third-order valence-corrected chi connectivity index (χ3v) is 7.28. The van der Waals surface area contributed by atoms with Gasteiger partial charge in [-0.25, -0.2) is 4.98 Å². The van der Waals surface area contributed by atoms with Crippen LogP contribution in [0, 0.1) is 13.8 Å². The number of thiazole rings is 1. The van der Waals surface area contributed by atoms with E-state index < -0.39 is 5.91 Å². The number of nitrogens with one attached hydrogen (secondary N) is 2. The lowest BCUT2D eigenvalue weighted by molar-refractivity contribution is 0.0785. The molecule has 0 spiro atoms. The lowest BCUT2D eigenvalue weighted by atomic mass is 10.0. The Kier molecular flexibility index (Phi) is 12.9. The third-order valence-electron chi connectivity index (χ3n) is 6.33. The summed E-state index contributed by atoms with van der Waals surface area (Å²) in [5.74, 6) is -0.611. The Morgan fingerprint density at radius 1 is 0.930 bits per heavy atom. The van der Waals surface area contributed by atoms with Gasteiger partial charge in [0.25, 0.3) is 11.8 Å². The van der Waals surface area contributed by atoms with Gasteiger partial charge in [0, 0.05) is 47.9 Å². The Morgan fingerprint density at radius 3 is 2.28 bits per heavy atom. The van der Waals surface area contributed by atoms with Crippen molar-refractivity contribution < 1.29 is 19.1 Å². The average Bonchev–Trinajstić information content (AvgIpc) is 3.42. The van der Waals surface area contributed by atoms with Crippen molar-refractivity contribution in [1.82, 2.24) is 20.5 Å². The number of benzene rings is 3. The van der Waals surface area contributed by atoms with E-state index in [-0.39, 0.29) is 28.5 Å². The van der Waals surface area contributed by atoms with Crippen LogP contribution < -0.4 is 21.1 Å². The van der Waals surface area contributed by atoms with Crippen LogP contribution in [-0.4, -0.2) is 54.9 Å². The molecule has 0 radical (unpaired) electrons. The number of nitrogens with two attached hydrogens (primary N) is 1. The van der Waals surface area contributed by atoms with Crippen LogP contribution in [0.3, 0.4) is 0 Å². The molecule has 3 amide bonds. The Bertz CT molecular complexity index is 1510. The Balaban J connectivity index is 0.000000633. The van der Waals surface area contributed by atoms with Crippen molar-refractivity contribution in [3.63, 3.8) is 0 Å². The highest BCUT2D eigenvalue weighted by molar-refractivity contribution is 7.09. The number of amides is 3. The number of methoxy groups -OCH3 is 1. The number of primary amides is 1. The highest BCUT2D eigenvalue weighted by Gasteiger charge is 2.18. The van der Waals surface area contributed by atoms with Gasteiger partial charge in [-0.2, -0.15) is 0 Å². The standard InChI is InChI=1S/C26H31N5O4S.C7H8/c1-17-16-36-23(30-17)15-31(2)26(34)21-12-19(24(27)32)11-20(13-21)25(33)29-9-5-8-28-14-18-6-4-7-22(10-18)35-3;1-7-5-3-2-4-6-7/h4,6-7,10-13,16,28H,5,8-9,14-15H2,1-3H3,(H2,27,32)(H,29,33);2-6H,1H3. The van der Waals surface area contributed by atoms with Crippen molar-refractivity contribution in [2.45, 2.75) is 33.4 Å². The van der Waals surface area contributed by atoms with E-state index >= 15 is 0 Å². The molecule has 43 heavy (non-hydrogen) atoms. The van der Waals surface area contributed by atoms with Crippen LogP contribution in [-0.2, 0) is 13.1 Å². The molecule has 9 nitrogen and oxygen atoms in total. The van der Waals surface area contributed by atoms with Crippen molar-refractivity contribution in [1.29, 1.82) is 0 Å². The van der Waals surface area contributed by atoms with E-state index in [1.165, 1.54) is 40.0 Å². The summed E-state index contributed by atoms with van der Waals surface area (Å²) >= 11 is 1.47. The molecule has 0 aliphatic carbocycles. The van der Waals surface area contributed by atoms with Gasteiger partial charge < -0.3 is 26.0 Å². The lowest BCUT2D eigenvalue weighted by Crippen LogP contribution is -2.29. The van der Waals surface area contributed by atoms with Crippen LogP contribution in [0.2, 0.25) is 0 Å². The van der Waals surface area contributed by atoms with E-state index in [0.717, 1.165) is 22.0 Å². The minimum atomic E-state index is -0.710. The first kappa shape index (κ1) is 33.0. The summed E-state index contributed by atoms with van der Waals surface area (Å²) in [5, 5.41) is 8.87. The van der Waals surface area contributed by atoms with Gasteiger partial charge in [-0.3, -0.25) is 14.4 Å². The number of aromatic nitrogens is 1. The van der Waals surface area contributed by atoms with Gasteiger partial charge in [-0.05, 0) is 62.7 Å². The zero-order chi connectivity index (χ0) is 31.2. The minimum absolute atomic E-state index is 0.101. The molecule has 3 aromatic carbocycles. The first-order valence-corrected chi connectivity index (χ1v) is 14.8. The zero-order valence-corrected chi connectivity index (χ0v) is 25.9. The number of rotatable bonds is 12. The molecule has 0 bridgehead atoms. The molecule has 4 rings (SSSR count). The summed E-state index contributed by atoms with van der Waals surface area (Å²) in [6.07, 6.45) is 0.701. The summed E-state index contributed by atoms with van der Waals surface area (Å²) in [6.45, 7) is 6.11. The molecular formula is C33H39N5O4S. The second kappa shape index (κ2) is 16.8. The summed E-state index contributed by atoms with van der Waals surface area (Å²) in [5.41, 5.74) is 9.29. The van der Waals surface area contributed by atoms with Gasteiger partial charge in [-0.15, -0.1) is 11.3 Å². The Morgan fingerprint density at radius 2 is 1.65 bits per heavy atom. The first-order valence-electron chi connectivity index (χ1n) is 13.9. The molecule has 0 fully saturated rings. The maximum absolute atomic E-state index is 13.0. The summed E-state index contributed by atoms with van der Waals surface area (Å²) in [6, 6.07) is 22.4. The summed E-state index contributed by atoms with van der Waals surface area (Å²) in [7, 11) is 3.28. The van der Waals surface area contributed by atoms with E-state index in [4.69, 9.17) is 10.5 Å². The largest absolute Gasteiger partial charge is 0.497 e. The predicted octanol–water partition coefficient (Wildman–Crippen LogP) is 4.74. The van der Waals surface area contributed by atoms with Gasteiger partial charge in [-0.1, -0.05) is 48.0 Å². The molecule has 0 atom stereocenters. The monoisotopic (exact) mass is 601 g/mol. The van der Waals surface area contributed by atoms with Crippen molar-refractivity contribution >= 4 is 29.1 Å². The fourth-order valence-electron chi connectivity index (χ4n) is 4.06. The SMILES string of the molecule is COc1cccc(CNCCCNC(=O)c2cc(C(N)=O)cc(C(=O)N(C)Cc3nc(C)cs3)c2)c1.Cc1ccccc1. The van der Waals surface area contributed by atoms with E-state index in [1.807, 2.05) is 54.8 Å². The van der Waals surface area contributed by atoms with Crippen molar-refractivity contribution in [2.24, 2.45) is 5.73 Å². The van der Waals surface area contributed by atoms with Crippen LogP contribution in [0.15, 0.2) is 78.2 Å². The predicted molar refractivity (Wildman–Crippen MR) is 170 cm³/mol. The Labute approximate surface area is 257 Å². The van der Waals surface area contributed by atoms with Gasteiger partial charge in [0.15, 0.2) is 0 Å². The van der Waals surface area contributed by atoms with Crippen LogP contribution in [0.25, 0.3) is 0 Å². The molecule has 0 aliphatic heterocycles. The number of aryl methyl sites for hydroxylation is 2. The maximum atomic E-state index is 13.0. The number of nitrogens with zero attached hydrogens (tertiary/aromatic N) is 2. The average molecular weight is 602 g/mol. The zero-order valence-electron chi connectivity index (χ0n) is 25.1. The summed E-state index contributed by atoms with van der Waals surface area (Å²) in [4.78, 5) is 43.5. The molecule has 226 valence electrons. The molecule has 1 aromatic heterocycles. The minimum Gasteiger partial charge on any atom is -0.497 e. The van der Waals surface area contributed by atoms with E-state index in [2.05, 4.69) is 34.7 Å². The second-order valence-electron chi connectivity index (χ2n) is 10.00. The van der Waals surface area contributed by atoms with E-state index in [0.29, 0.717) is 32.6 Å². The molecule has 0 saturated carbocycles. The number of hydrogen-bond acceptors (Lipinski definition) is 7. The first-order chi connectivity index (χ1) is 20.7. The van der Waals surface area contributed by atoms with Crippen LogP contribution >= 0.6 is 11.3 Å². The van der Waals surface area contributed by atoms with Gasteiger partial charge in [0.05, 0.1) is 13.7 Å². The highest BCUT2D eigenvalue weighted by Crippen LogP contribution is 2.16. The van der Waals surface area contributed by atoms with Crippen LogP contribution in [0.1, 0.15) is 59.3 Å². The quantitative estimate of drug-likeness (QED) is 0.202. The van der Waals surface area contributed by atoms with Crippen molar-refractivity contribution in [2.75, 3.05) is 27.2 Å². The maximum Gasteiger partial charge on any atom is 0.254 e. The lowest BCUT2D eigenvalue weighted by Gasteiger charge is -2.17. The Hall–Kier alpha value is -4.54. The number of carbonyl (C=O) groups is 3. The molecule has 0 saturated heterocycles. The molecule has 1 heterocycles. The molecular weight excluding hydrogens is 562 g/mol. The fraction of sp³-hybridized carbons (Fsp3) is 0.273. The van der Waals surface area contributed by atoms with Crippen LogP contribution in [0.4, 0.5) is 0 Å². The molecule has 0 unspecified atom stereocenters. The van der Waals surface area contributed by atoms with Crippen molar-refractivity contribution in [3.8, 4) is 5.75 Å². The molecule has 4 N–H and O–H groups in total. The highest BCUT2D eigenvalue weighted by atomic mass is 32.1. The van der Waals surface area contributed by atoms with Crippen molar-refractivity contribution in [3.05, 3.63) is 117 Å². The summed E-state index contributed by atoms with van der Waals surface area (Å²) < 4.78 is 5.22. The number of hydrogen-bond donors (Lipinski definition) is 3. The van der Waals surface area contributed by atoms with Gasteiger partial charge >= 0.3 is 0 Å². The fourth-order valence-corrected chi connectivity index (χ4v) is 4.89. The molecule has 4 aromatic rings. The number of carbonyl (C=O) groups excluding carboxylic acids is 3. The second-order valence-corrected chi connectivity index (χ2v) is 10.9. The normalized spacial score (nSPS) is 10.3.